The Morgan fingerprint density at radius 2 is 1.87 bits per heavy atom. The molecule has 0 aliphatic heterocycles. The van der Waals surface area contributed by atoms with E-state index in [0.717, 1.165) is 17.2 Å². The van der Waals surface area contributed by atoms with Crippen molar-refractivity contribution in [1.82, 2.24) is 14.8 Å². The maximum absolute atomic E-state index is 13.9. The SMILES string of the molecule is NC(=O)c1ncnn1-c1cccc(-c2ccccc2OCc2ccc(F)cc2F)c1. The molecule has 3 aromatic carbocycles. The number of ether oxygens (including phenoxy) is 1. The predicted octanol–water partition coefficient (Wildman–Crippen LogP) is 3.89. The molecule has 0 radical (unpaired) electrons. The Kier molecular flexibility index (Phi) is 5.21. The summed E-state index contributed by atoms with van der Waals surface area (Å²) in [4.78, 5) is 15.4. The van der Waals surface area contributed by atoms with Gasteiger partial charge in [0.15, 0.2) is 0 Å². The van der Waals surface area contributed by atoms with Crippen molar-refractivity contribution in [1.29, 1.82) is 0 Å². The number of aromatic nitrogens is 3. The van der Waals surface area contributed by atoms with E-state index < -0.39 is 17.5 Å². The molecular formula is C22H16F2N4O2. The molecule has 0 unspecified atom stereocenters. The number of carbonyl (C=O) groups is 1. The van der Waals surface area contributed by atoms with Gasteiger partial charge in [-0.15, -0.1) is 0 Å². The molecule has 0 aliphatic carbocycles. The molecule has 4 rings (SSSR count). The molecule has 0 fully saturated rings. The van der Waals surface area contributed by atoms with E-state index in [0.29, 0.717) is 11.4 Å². The molecule has 4 aromatic rings. The number of benzene rings is 3. The Hall–Kier alpha value is -4.07. The van der Waals surface area contributed by atoms with Crippen molar-refractivity contribution in [3.63, 3.8) is 0 Å². The van der Waals surface area contributed by atoms with Crippen molar-refractivity contribution >= 4 is 5.91 Å². The van der Waals surface area contributed by atoms with Crippen molar-refractivity contribution in [2.45, 2.75) is 6.61 Å². The molecule has 30 heavy (non-hydrogen) atoms. The number of nitrogens with two attached hydrogens (primary N) is 1. The van der Waals surface area contributed by atoms with Crippen LogP contribution in [0.4, 0.5) is 8.78 Å². The van der Waals surface area contributed by atoms with Crippen molar-refractivity contribution in [3.05, 3.63) is 96.1 Å². The van der Waals surface area contributed by atoms with Crippen LogP contribution < -0.4 is 10.5 Å². The number of rotatable bonds is 6. The number of carbonyl (C=O) groups excluding carboxylic acids is 1. The molecule has 1 aromatic heterocycles. The number of amides is 1. The second-order valence-corrected chi connectivity index (χ2v) is 6.43. The lowest BCUT2D eigenvalue weighted by atomic mass is 10.0. The van der Waals surface area contributed by atoms with Crippen LogP contribution in [0.5, 0.6) is 5.75 Å². The fourth-order valence-electron chi connectivity index (χ4n) is 3.03. The largest absolute Gasteiger partial charge is 0.488 e. The lowest BCUT2D eigenvalue weighted by molar-refractivity contribution is 0.0988. The van der Waals surface area contributed by atoms with Gasteiger partial charge in [0.2, 0.25) is 5.82 Å². The highest BCUT2D eigenvalue weighted by Crippen LogP contribution is 2.31. The summed E-state index contributed by atoms with van der Waals surface area (Å²) in [5, 5.41) is 4.06. The van der Waals surface area contributed by atoms with Gasteiger partial charge in [-0.1, -0.05) is 30.3 Å². The average molecular weight is 406 g/mol. The van der Waals surface area contributed by atoms with E-state index in [9.17, 15) is 13.6 Å². The predicted molar refractivity (Wildman–Crippen MR) is 106 cm³/mol. The molecular weight excluding hydrogens is 390 g/mol. The van der Waals surface area contributed by atoms with Gasteiger partial charge in [0.05, 0.1) is 5.69 Å². The van der Waals surface area contributed by atoms with Gasteiger partial charge in [-0.3, -0.25) is 4.79 Å². The average Bonchev–Trinajstić information content (AvgIpc) is 3.24. The van der Waals surface area contributed by atoms with Gasteiger partial charge in [-0.05, 0) is 35.9 Å². The molecule has 0 atom stereocenters. The minimum atomic E-state index is -0.692. The molecule has 8 heteroatoms. The lowest BCUT2D eigenvalue weighted by Gasteiger charge is -2.13. The summed E-state index contributed by atoms with van der Waals surface area (Å²) in [5.41, 5.74) is 7.73. The van der Waals surface area contributed by atoms with Crippen molar-refractivity contribution in [2.24, 2.45) is 5.73 Å². The number of hydrogen-bond donors (Lipinski definition) is 1. The van der Waals surface area contributed by atoms with E-state index in [-0.39, 0.29) is 18.0 Å². The molecule has 6 nitrogen and oxygen atoms in total. The second kappa shape index (κ2) is 8.12. The summed E-state index contributed by atoms with van der Waals surface area (Å²) in [5.74, 6) is -1.46. The van der Waals surface area contributed by atoms with Gasteiger partial charge in [-0.2, -0.15) is 5.10 Å². The first-order valence-corrected chi connectivity index (χ1v) is 8.99. The number of halogens is 2. The van der Waals surface area contributed by atoms with Gasteiger partial charge in [0.25, 0.3) is 5.91 Å². The van der Waals surface area contributed by atoms with E-state index in [4.69, 9.17) is 10.5 Å². The van der Waals surface area contributed by atoms with E-state index in [2.05, 4.69) is 10.1 Å². The molecule has 0 saturated heterocycles. The van der Waals surface area contributed by atoms with Gasteiger partial charge in [0, 0.05) is 17.2 Å². The number of nitrogens with zero attached hydrogens (tertiary/aromatic N) is 3. The van der Waals surface area contributed by atoms with Crippen molar-refractivity contribution < 1.29 is 18.3 Å². The van der Waals surface area contributed by atoms with Crippen LogP contribution in [0, 0.1) is 11.6 Å². The Morgan fingerprint density at radius 3 is 2.67 bits per heavy atom. The van der Waals surface area contributed by atoms with E-state index in [1.807, 2.05) is 24.3 Å². The monoisotopic (exact) mass is 406 g/mol. The summed E-state index contributed by atoms with van der Waals surface area (Å²) in [6.45, 7) is -0.0578. The van der Waals surface area contributed by atoms with Crippen LogP contribution in [0.1, 0.15) is 16.2 Å². The van der Waals surface area contributed by atoms with Gasteiger partial charge < -0.3 is 10.5 Å². The first kappa shape index (κ1) is 19.3. The third kappa shape index (κ3) is 3.88. The minimum absolute atomic E-state index is 0.0171. The fourth-order valence-corrected chi connectivity index (χ4v) is 3.03. The molecule has 1 amide bonds. The Labute approximate surface area is 170 Å². The Bertz CT molecular complexity index is 1220. The van der Waals surface area contributed by atoms with Gasteiger partial charge in [-0.25, -0.2) is 18.4 Å². The topological polar surface area (TPSA) is 83.0 Å². The molecule has 0 saturated carbocycles. The molecule has 0 spiro atoms. The zero-order valence-electron chi connectivity index (χ0n) is 15.6. The summed E-state index contributed by atoms with van der Waals surface area (Å²) in [6, 6.07) is 17.9. The van der Waals surface area contributed by atoms with Crippen LogP contribution in [0.15, 0.2) is 73.1 Å². The standard InChI is InChI=1S/C22H16F2N4O2/c23-16-9-8-15(19(24)11-16)12-30-20-7-2-1-6-18(20)14-4-3-5-17(10-14)28-22(21(25)29)26-13-27-28/h1-11,13H,12H2,(H2,25,29). The highest BCUT2D eigenvalue weighted by molar-refractivity contribution is 5.89. The molecule has 150 valence electrons. The maximum Gasteiger partial charge on any atom is 0.286 e. The quantitative estimate of drug-likeness (QED) is 0.527. The van der Waals surface area contributed by atoms with Crippen LogP contribution in [0.25, 0.3) is 16.8 Å². The van der Waals surface area contributed by atoms with E-state index in [1.165, 1.54) is 23.1 Å². The van der Waals surface area contributed by atoms with Crippen LogP contribution >= 0.6 is 0 Å². The van der Waals surface area contributed by atoms with E-state index in [1.54, 1.807) is 24.3 Å². The highest BCUT2D eigenvalue weighted by Gasteiger charge is 2.14. The van der Waals surface area contributed by atoms with Crippen LogP contribution in [-0.2, 0) is 6.61 Å². The summed E-state index contributed by atoms with van der Waals surface area (Å²) in [6.07, 6.45) is 1.25. The normalized spacial score (nSPS) is 10.7. The molecule has 0 bridgehead atoms. The summed E-state index contributed by atoms with van der Waals surface area (Å²) < 4.78 is 34.2. The fraction of sp³-hybridized carbons (Fsp3) is 0.0455. The molecule has 0 aliphatic rings. The van der Waals surface area contributed by atoms with Crippen LogP contribution in [-0.4, -0.2) is 20.7 Å². The Morgan fingerprint density at radius 1 is 1.03 bits per heavy atom. The third-order valence-corrected chi connectivity index (χ3v) is 4.46. The van der Waals surface area contributed by atoms with Crippen molar-refractivity contribution in [2.75, 3.05) is 0 Å². The number of primary amides is 1. The van der Waals surface area contributed by atoms with Crippen LogP contribution in [0.3, 0.4) is 0 Å². The first-order valence-electron chi connectivity index (χ1n) is 8.99. The summed E-state index contributed by atoms with van der Waals surface area (Å²) in [7, 11) is 0. The second-order valence-electron chi connectivity index (χ2n) is 6.43. The Balaban J connectivity index is 1.65. The van der Waals surface area contributed by atoms with E-state index >= 15 is 0 Å². The van der Waals surface area contributed by atoms with Crippen molar-refractivity contribution in [3.8, 4) is 22.6 Å². The zero-order valence-corrected chi connectivity index (χ0v) is 15.6. The maximum atomic E-state index is 13.9. The minimum Gasteiger partial charge on any atom is -0.488 e. The third-order valence-electron chi connectivity index (χ3n) is 4.46. The molecule has 1 heterocycles. The van der Waals surface area contributed by atoms with Crippen LogP contribution in [0.2, 0.25) is 0 Å². The van der Waals surface area contributed by atoms with Gasteiger partial charge in [0.1, 0.15) is 30.3 Å². The number of hydrogen-bond acceptors (Lipinski definition) is 4. The number of para-hydroxylation sites is 1. The first-order chi connectivity index (χ1) is 14.5. The highest BCUT2D eigenvalue weighted by atomic mass is 19.1. The summed E-state index contributed by atoms with van der Waals surface area (Å²) >= 11 is 0. The lowest BCUT2D eigenvalue weighted by Crippen LogP contribution is -2.18. The zero-order chi connectivity index (χ0) is 21.1. The molecule has 2 N–H and O–H groups in total. The smallest absolute Gasteiger partial charge is 0.286 e. The van der Waals surface area contributed by atoms with Gasteiger partial charge >= 0.3 is 0 Å².